The van der Waals surface area contributed by atoms with E-state index >= 15 is 0 Å². The van der Waals surface area contributed by atoms with Crippen LogP contribution in [-0.2, 0) is 19.5 Å². The van der Waals surface area contributed by atoms with Gasteiger partial charge in [0, 0.05) is 58.4 Å². The first-order valence-corrected chi connectivity index (χ1v) is 12.5. The molecule has 2 aliphatic heterocycles. The maximum atomic E-state index is 13.1. The van der Waals surface area contributed by atoms with Crippen LogP contribution in [0.15, 0.2) is 23.1 Å². The Morgan fingerprint density at radius 2 is 1.41 bits per heavy atom. The van der Waals surface area contributed by atoms with E-state index in [0.717, 1.165) is 6.07 Å². The van der Waals surface area contributed by atoms with Crippen molar-refractivity contribution in [2.24, 2.45) is 0 Å². The molecule has 1 aromatic rings. The summed E-state index contributed by atoms with van der Waals surface area (Å²) in [7, 11) is -3.99. The number of rotatable bonds is 6. The van der Waals surface area contributed by atoms with Crippen LogP contribution in [0.1, 0.15) is 13.8 Å². The molecule has 14 heteroatoms. The van der Waals surface area contributed by atoms with E-state index in [-0.39, 0.29) is 50.0 Å². The van der Waals surface area contributed by atoms with Crippen LogP contribution in [0.5, 0.6) is 0 Å². The zero-order valence-corrected chi connectivity index (χ0v) is 20.0. The van der Waals surface area contributed by atoms with E-state index < -0.39 is 27.1 Å². The first kappa shape index (κ1) is 25.5. The van der Waals surface area contributed by atoms with Crippen LogP contribution < -0.4 is 4.90 Å². The Hall–Kier alpha value is -3.13. The van der Waals surface area contributed by atoms with Gasteiger partial charge in [0.15, 0.2) is 0 Å². The van der Waals surface area contributed by atoms with E-state index in [9.17, 15) is 28.1 Å². The molecule has 2 saturated heterocycles. The number of hydrogen-bond donors (Lipinski definition) is 0. The lowest BCUT2D eigenvalue weighted by molar-refractivity contribution is -0.384. The van der Waals surface area contributed by atoms with E-state index in [1.165, 1.54) is 26.2 Å². The van der Waals surface area contributed by atoms with Gasteiger partial charge in [-0.2, -0.15) is 4.31 Å². The normalized spacial score (nSPS) is 17.4. The van der Waals surface area contributed by atoms with Crippen molar-refractivity contribution < 1.29 is 32.4 Å². The van der Waals surface area contributed by atoms with Crippen LogP contribution in [0.4, 0.5) is 21.0 Å². The molecular weight excluding hydrogens is 470 g/mol. The van der Waals surface area contributed by atoms with Crippen molar-refractivity contribution >= 4 is 33.6 Å². The lowest BCUT2D eigenvalue weighted by atomic mass is 10.2. The average molecular weight is 500 g/mol. The summed E-state index contributed by atoms with van der Waals surface area (Å²) in [6, 6.07) is 3.85. The van der Waals surface area contributed by atoms with Crippen molar-refractivity contribution in [3.05, 3.63) is 28.3 Å². The lowest BCUT2D eigenvalue weighted by Gasteiger charge is -2.35. The Morgan fingerprint density at radius 3 is 1.88 bits per heavy atom. The molecule has 188 valence electrons. The van der Waals surface area contributed by atoms with Crippen molar-refractivity contribution in [1.29, 1.82) is 0 Å². The summed E-state index contributed by atoms with van der Waals surface area (Å²) in [5.41, 5.74) is -0.0320. The van der Waals surface area contributed by atoms with Gasteiger partial charge < -0.3 is 24.2 Å². The first-order chi connectivity index (χ1) is 16.2. The molecule has 3 rings (SSSR count). The van der Waals surface area contributed by atoms with E-state index in [0.29, 0.717) is 31.9 Å². The van der Waals surface area contributed by atoms with E-state index in [1.807, 2.05) is 0 Å². The summed E-state index contributed by atoms with van der Waals surface area (Å²) in [4.78, 5) is 39.4. The Kier molecular flexibility index (Phi) is 8.15. The SMILES string of the molecule is CCOC(=O)N1CCN(c2ccc(S(=O)(=O)N3CCN(C(=O)OCC)CC3)cc2[N+](=O)[O-])CC1. The molecule has 0 saturated carbocycles. The van der Waals surface area contributed by atoms with Crippen LogP contribution >= 0.6 is 0 Å². The number of carbonyl (C=O) groups excluding carboxylic acids is 2. The molecule has 0 radical (unpaired) electrons. The third kappa shape index (κ3) is 5.50. The van der Waals surface area contributed by atoms with Crippen LogP contribution in [0.3, 0.4) is 0 Å². The van der Waals surface area contributed by atoms with Gasteiger partial charge in [-0.15, -0.1) is 0 Å². The molecule has 0 spiro atoms. The predicted molar refractivity (Wildman–Crippen MR) is 121 cm³/mol. The number of sulfonamides is 1. The highest BCUT2D eigenvalue weighted by atomic mass is 32.2. The smallest absolute Gasteiger partial charge is 0.409 e. The number of anilines is 1. The van der Waals surface area contributed by atoms with Crippen LogP contribution in [0.25, 0.3) is 0 Å². The van der Waals surface area contributed by atoms with Crippen molar-refractivity contribution in [2.75, 3.05) is 70.5 Å². The molecule has 0 atom stereocenters. The highest BCUT2D eigenvalue weighted by Gasteiger charge is 2.33. The third-order valence-electron chi connectivity index (χ3n) is 5.69. The zero-order valence-electron chi connectivity index (χ0n) is 19.2. The zero-order chi connectivity index (χ0) is 24.9. The number of piperazine rings is 2. The van der Waals surface area contributed by atoms with Gasteiger partial charge in [0.25, 0.3) is 5.69 Å². The minimum atomic E-state index is -3.99. The largest absolute Gasteiger partial charge is 0.450 e. The van der Waals surface area contributed by atoms with Gasteiger partial charge >= 0.3 is 12.2 Å². The standard InChI is InChI=1S/C20H29N5O8S/c1-3-32-19(26)22-9-7-21(8-10-22)17-6-5-16(15-18(17)25(28)29)34(30,31)24-13-11-23(12-14-24)20(27)33-4-2/h5-6,15H,3-4,7-14H2,1-2H3. The van der Waals surface area contributed by atoms with Gasteiger partial charge in [0.05, 0.1) is 23.0 Å². The fraction of sp³-hybridized carbons (Fsp3) is 0.600. The van der Waals surface area contributed by atoms with Gasteiger partial charge in [-0.25, -0.2) is 18.0 Å². The van der Waals surface area contributed by atoms with Crippen molar-refractivity contribution in [3.63, 3.8) is 0 Å². The number of nitro benzene ring substituents is 1. The fourth-order valence-corrected chi connectivity index (χ4v) is 5.34. The number of hydrogen-bond acceptors (Lipinski definition) is 9. The second-order valence-electron chi connectivity index (χ2n) is 7.67. The number of carbonyl (C=O) groups is 2. The molecular formula is C20H29N5O8S. The molecule has 2 amide bonds. The van der Waals surface area contributed by atoms with E-state index in [2.05, 4.69) is 0 Å². The molecule has 0 unspecified atom stereocenters. The van der Waals surface area contributed by atoms with Crippen molar-refractivity contribution in [2.45, 2.75) is 18.7 Å². The number of amides is 2. The topological polar surface area (TPSA) is 143 Å². The summed E-state index contributed by atoms with van der Waals surface area (Å²) in [6.07, 6.45) is -0.927. The van der Waals surface area contributed by atoms with E-state index in [4.69, 9.17) is 9.47 Å². The quantitative estimate of drug-likeness (QED) is 0.418. The molecule has 34 heavy (non-hydrogen) atoms. The summed E-state index contributed by atoms with van der Waals surface area (Å²) in [6.45, 7) is 5.72. The molecule has 0 aliphatic carbocycles. The molecule has 2 heterocycles. The van der Waals surface area contributed by atoms with Gasteiger partial charge in [0.2, 0.25) is 10.0 Å². The van der Waals surface area contributed by atoms with Gasteiger partial charge in [-0.05, 0) is 26.0 Å². The minimum Gasteiger partial charge on any atom is -0.450 e. The second-order valence-corrected chi connectivity index (χ2v) is 9.61. The Bertz CT molecular complexity index is 1020. The number of nitrogens with zero attached hydrogens (tertiary/aromatic N) is 5. The fourth-order valence-electron chi connectivity index (χ4n) is 3.90. The maximum absolute atomic E-state index is 13.1. The highest BCUT2D eigenvalue weighted by Crippen LogP contribution is 2.32. The summed E-state index contributed by atoms with van der Waals surface area (Å²) >= 11 is 0. The molecule has 2 aliphatic rings. The summed E-state index contributed by atoms with van der Waals surface area (Å²) in [5, 5.41) is 11.8. The van der Waals surface area contributed by atoms with Gasteiger partial charge in [-0.3, -0.25) is 10.1 Å². The van der Waals surface area contributed by atoms with Crippen molar-refractivity contribution in [3.8, 4) is 0 Å². The lowest BCUT2D eigenvalue weighted by Crippen LogP contribution is -2.50. The van der Waals surface area contributed by atoms with Crippen LogP contribution in [-0.4, -0.2) is 105 Å². The molecule has 0 N–H and O–H groups in total. The highest BCUT2D eigenvalue weighted by molar-refractivity contribution is 7.89. The molecule has 1 aromatic carbocycles. The van der Waals surface area contributed by atoms with Crippen LogP contribution in [0.2, 0.25) is 0 Å². The molecule has 0 bridgehead atoms. The average Bonchev–Trinajstić information content (AvgIpc) is 2.84. The number of benzene rings is 1. The Balaban J connectivity index is 1.74. The molecule has 13 nitrogen and oxygen atoms in total. The minimum absolute atomic E-state index is 0.0620. The maximum Gasteiger partial charge on any atom is 0.409 e. The summed E-state index contributed by atoms with van der Waals surface area (Å²) < 4.78 is 37.4. The monoisotopic (exact) mass is 499 g/mol. The first-order valence-electron chi connectivity index (χ1n) is 11.1. The van der Waals surface area contributed by atoms with Gasteiger partial charge in [0.1, 0.15) is 5.69 Å². The molecule has 0 aromatic heterocycles. The van der Waals surface area contributed by atoms with E-state index in [1.54, 1.807) is 18.7 Å². The third-order valence-corrected chi connectivity index (χ3v) is 7.59. The summed E-state index contributed by atoms with van der Waals surface area (Å²) in [5.74, 6) is 0. The Morgan fingerprint density at radius 1 is 0.912 bits per heavy atom. The van der Waals surface area contributed by atoms with Crippen molar-refractivity contribution in [1.82, 2.24) is 14.1 Å². The number of nitro groups is 1. The predicted octanol–water partition coefficient (Wildman–Crippen LogP) is 1.34. The second kappa shape index (κ2) is 10.9. The Labute approximate surface area is 198 Å². The molecule has 2 fully saturated rings. The van der Waals surface area contributed by atoms with Crippen LogP contribution in [0, 0.1) is 10.1 Å². The van der Waals surface area contributed by atoms with Gasteiger partial charge in [-0.1, -0.05) is 0 Å². The number of ether oxygens (including phenoxy) is 2.